The summed E-state index contributed by atoms with van der Waals surface area (Å²) in [5.74, 6) is 0. The van der Waals surface area contributed by atoms with Crippen LogP contribution in [0, 0.1) is 0 Å². The minimum atomic E-state index is 0.385. The molecule has 100 valence electrons. The molecule has 0 bridgehead atoms. The Bertz CT molecular complexity index is 398. The van der Waals surface area contributed by atoms with Crippen LogP contribution in [-0.4, -0.2) is 26.2 Å². The quantitative estimate of drug-likeness (QED) is 0.884. The smallest absolute Gasteiger partial charge is 0.0597 e. The van der Waals surface area contributed by atoms with Crippen molar-refractivity contribution in [3.05, 3.63) is 23.2 Å². The molecule has 0 amide bonds. The van der Waals surface area contributed by atoms with Gasteiger partial charge in [0.1, 0.15) is 0 Å². The van der Waals surface area contributed by atoms with Crippen LogP contribution >= 0.6 is 11.6 Å². The second-order valence-electron chi connectivity index (χ2n) is 5.31. The van der Waals surface area contributed by atoms with Crippen molar-refractivity contribution >= 4 is 23.0 Å². The average molecular weight is 268 g/mol. The van der Waals surface area contributed by atoms with E-state index in [1.54, 1.807) is 0 Å². The maximum atomic E-state index is 6.08. The van der Waals surface area contributed by atoms with E-state index in [1.165, 1.54) is 5.69 Å². The lowest BCUT2D eigenvalue weighted by Gasteiger charge is -2.29. The molecule has 4 heteroatoms. The first-order valence-corrected chi connectivity index (χ1v) is 6.93. The topological polar surface area (TPSA) is 41.3 Å². The Morgan fingerprint density at radius 3 is 2.50 bits per heavy atom. The molecule has 0 atom stereocenters. The van der Waals surface area contributed by atoms with E-state index in [0.717, 1.165) is 36.4 Å². The second kappa shape index (κ2) is 5.81. The SMILES string of the molecule is CN(C)c1ccc(Cl)cc1NC1CCC(N)CC1. The molecular formula is C14H22ClN3. The Morgan fingerprint density at radius 2 is 1.89 bits per heavy atom. The number of nitrogens with one attached hydrogen (secondary N) is 1. The van der Waals surface area contributed by atoms with Crippen LogP contribution in [0.25, 0.3) is 0 Å². The van der Waals surface area contributed by atoms with Gasteiger partial charge in [-0.2, -0.15) is 0 Å². The van der Waals surface area contributed by atoms with E-state index in [2.05, 4.69) is 16.3 Å². The second-order valence-corrected chi connectivity index (χ2v) is 5.75. The van der Waals surface area contributed by atoms with Gasteiger partial charge in [-0.05, 0) is 43.9 Å². The first kappa shape index (κ1) is 13.5. The molecule has 0 aromatic heterocycles. The molecule has 0 heterocycles. The fraction of sp³-hybridized carbons (Fsp3) is 0.571. The Balaban J connectivity index is 2.10. The summed E-state index contributed by atoms with van der Waals surface area (Å²) in [7, 11) is 4.09. The molecule has 0 unspecified atom stereocenters. The van der Waals surface area contributed by atoms with Crippen LogP contribution in [0.1, 0.15) is 25.7 Å². The van der Waals surface area contributed by atoms with Crippen molar-refractivity contribution in [2.75, 3.05) is 24.3 Å². The molecule has 3 nitrogen and oxygen atoms in total. The monoisotopic (exact) mass is 267 g/mol. The van der Waals surface area contributed by atoms with Gasteiger partial charge in [-0.25, -0.2) is 0 Å². The van der Waals surface area contributed by atoms with E-state index < -0.39 is 0 Å². The zero-order valence-electron chi connectivity index (χ0n) is 11.1. The van der Waals surface area contributed by atoms with Gasteiger partial charge in [-0.15, -0.1) is 0 Å². The Kier molecular flexibility index (Phi) is 4.36. The highest BCUT2D eigenvalue weighted by Crippen LogP contribution is 2.30. The summed E-state index contributed by atoms with van der Waals surface area (Å²) in [6, 6.07) is 6.89. The maximum absolute atomic E-state index is 6.08. The van der Waals surface area contributed by atoms with Gasteiger partial charge in [0.2, 0.25) is 0 Å². The van der Waals surface area contributed by atoms with Crippen molar-refractivity contribution in [3.8, 4) is 0 Å². The van der Waals surface area contributed by atoms with E-state index in [1.807, 2.05) is 26.2 Å². The Labute approximate surface area is 114 Å². The molecular weight excluding hydrogens is 246 g/mol. The van der Waals surface area contributed by atoms with Crippen LogP contribution in [0.3, 0.4) is 0 Å². The van der Waals surface area contributed by atoms with Gasteiger partial charge < -0.3 is 16.0 Å². The molecule has 1 saturated carbocycles. The first-order chi connectivity index (χ1) is 8.56. The predicted octanol–water partition coefficient (Wildman–Crippen LogP) is 3.09. The van der Waals surface area contributed by atoms with Gasteiger partial charge in [0.05, 0.1) is 11.4 Å². The van der Waals surface area contributed by atoms with E-state index in [9.17, 15) is 0 Å². The minimum Gasteiger partial charge on any atom is -0.381 e. The van der Waals surface area contributed by atoms with Crippen molar-refractivity contribution in [2.45, 2.75) is 37.8 Å². The van der Waals surface area contributed by atoms with Crippen LogP contribution in [0.4, 0.5) is 11.4 Å². The summed E-state index contributed by atoms with van der Waals surface area (Å²) in [6.07, 6.45) is 4.49. The van der Waals surface area contributed by atoms with Crippen LogP contribution in [0.2, 0.25) is 5.02 Å². The van der Waals surface area contributed by atoms with E-state index in [4.69, 9.17) is 17.3 Å². The first-order valence-electron chi connectivity index (χ1n) is 6.55. The number of halogens is 1. The van der Waals surface area contributed by atoms with Crippen molar-refractivity contribution in [3.63, 3.8) is 0 Å². The minimum absolute atomic E-state index is 0.385. The molecule has 0 saturated heterocycles. The highest BCUT2D eigenvalue weighted by Gasteiger charge is 2.19. The summed E-state index contributed by atoms with van der Waals surface area (Å²) in [5, 5.41) is 4.38. The van der Waals surface area contributed by atoms with Crippen LogP contribution in [-0.2, 0) is 0 Å². The van der Waals surface area contributed by atoms with Crippen molar-refractivity contribution in [1.29, 1.82) is 0 Å². The van der Waals surface area contributed by atoms with Gasteiger partial charge in [-0.3, -0.25) is 0 Å². The molecule has 18 heavy (non-hydrogen) atoms. The largest absolute Gasteiger partial charge is 0.381 e. The molecule has 0 aliphatic heterocycles. The predicted molar refractivity (Wildman–Crippen MR) is 79.6 cm³/mol. The van der Waals surface area contributed by atoms with Crippen molar-refractivity contribution in [2.24, 2.45) is 5.73 Å². The van der Waals surface area contributed by atoms with Crippen LogP contribution in [0.5, 0.6) is 0 Å². The van der Waals surface area contributed by atoms with Gasteiger partial charge in [0, 0.05) is 31.2 Å². The molecule has 1 fully saturated rings. The zero-order valence-corrected chi connectivity index (χ0v) is 11.9. The van der Waals surface area contributed by atoms with E-state index in [0.29, 0.717) is 12.1 Å². The summed E-state index contributed by atoms with van der Waals surface area (Å²) < 4.78 is 0. The summed E-state index contributed by atoms with van der Waals surface area (Å²) in [5.41, 5.74) is 8.23. The van der Waals surface area contributed by atoms with Gasteiger partial charge in [0.25, 0.3) is 0 Å². The van der Waals surface area contributed by atoms with E-state index >= 15 is 0 Å². The van der Waals surface area contributed by atoms with Gasteiger partial charge in [0.15, 0.2) is 0 Å². The summed E-state index contributed by atoms with van der Waals surface area (Å²) in [6.45, 7) is 0. The molecule has 1 aliphatic carbocycles. The molecule has 1 aromatic carbocycles. The average Bonchev–Trinajstić information content (AvgIpc) is 2.32. The molecule has 2 rings (SSSR count). The molecule has 0 spiro atoms. The third-order valence-electron chi connectivity index (χ3n) is 3.57. The number of hydrogen-bond acceptors (Lipinski definition) is 3. The number of benzene rings is 1. The van der Waals surface area contributed by atoms with Crippen molar-refractivity contribution < 1.29 is 0 Å². The van der Waals surface area contributed by atoms with Crippen molar-refractivity contribution in [1.82, 2.24) is 0 Å². The standard InChI is InChI=1S/C14H22ClN3/c1-18(2)14-8-3-10(15)9-13(14)17-12-6-4-11(16)5-7-12/h3,8-9,11-12,17H,4-7,16H2,1-2H3. The van der Waals surface area contributed by atoms with Crippen LogP contribution in [0.15, 0.2) is 18.2 Å². The summed E-state index contributed by atoms with van der Waals surface area (Å²) >= 11 is 6.08. The maximum Gasteiger partial charge on any atom is 0.0597 e. The lowest BCUT2D eigenvalue weighted by Crippen LogP contribution is -2.33. The summed E-state index contributed by atoms with van der Waals surface area (Å²) in [4.78, 5) is 2.10. The lowest BCUT2D eigenvalue weighted by atomic mass is 9.91. The van der Waals surface area contributed by atoms with E-state index in [-0.39, 0.29) is 0 Å². The van der Waals surface area contributed by atoms with Gasteiger partial charge in [-0.1, -0.05) is 11.6 Å². The molecule has 3 N–H and O–H groups in total. The molecule has 1 aliphatic rings. The number of nitrogens with zero attached hydrogens (tertiary/aromatic N) is 1. The number of anilines is 2. The number of hydrogen-bond donors (Lipinski definition) is 2. The molecule has 1 aromatic rings. The number of nitrogens with two attached hydrogens (primary N) is 1. The fourth-order valence-electron chi connectivity index (χ4n) is 2.50. The van der Waals surface area contributed by atoms with Gasteiger partial charge >= 0.3 is 0 Å². The third kappa shape index (κ3) is 3.30. The third-order valence-corrected chi connectivity index (χ3v) is 3.81. The lowest BCUT2D eigenvalue weighted by molar-refractivity contribution is 0.411. The Hall–Kier alpha value is -0.930. The highest BCUT2D eigenvalue weighted by atomic mass is 35.5. The van der Waals surface area contributed by atoms with Crippen LogP contribution < -0.4 is 16.0 Å². The highest BCUT2D eigenvalue weighted by molar-refractivity contribution is 6.31. The Morgan fingerprint density at radius 1 is 1.22 bits per heavy atom. The molecule has 0 radical (unpaired) electrons. The number of rotatable bonds is 3. The fourth-order valence-corrected chi connectivity index (χ4v) is 2.67. The zero-order chi connectivity index (χ0) is 13.1. The normalized spacial score (nSPS) is 23.8.